The van der Waals surface area contributed by atoms with Gasteiger partial charge < -0.3 is 20.1 Å². The van der Waals surface area contributed by atoms with E-state index >= 15 is 0 Å². The number of urea groups is 1. The Balaban J connectivity index is 1.74. The highest BCUT2D eigenvalue weighted by atomic mass is 16.5. The Bertz CT molecular complexity index is 492. The largest absolute Gasteiger partial charge is 0.478 e. The van der Waals surface area contributed by atoms with Crippen molar-refractivity contribution in [1.82, 2.24) is 20.5 Å². The molecule has 0 saturated carbocycles. The lowest BCUT2D eigenvalue weighted by molar-refractivity contribution is 0.0349. The molecule has 1 fully saturated rings. The number of morpholine rings is 1. The molecule has 1 atom stereocenters. The SMILES string of the molecule is CCOc1ncccc1CNC(=O)NC(C)CN1CCOCC1. The van der Waals surface area contributed by atoms with Crippen LogP contribution in [0.4, 0.5) is 4.79 Å². The Hall–Kier alpha value is -1.86. The molecule has 0 aliphatic carbocycles. The van der Waals surface area contributed by atoms with Gasteiger partial charge in [-0.3, -0.25) is 4.90 Å². The van der Waals surface area contributed by atoms with Gasteiger partial charge in [0.15, 0.2) is 0 Å². The zero-order valence-corrected chi connectivity index (χ0v) is 13.9. The van der Waals surface area contributed by atoms with Crippen LogP contribution in [0.5, 0.6) is 5.88 Å². The van der Waals surface area contributed by atoms with Crippen molar-refractivity contribution in [3.05, 3.63) is 23.9 Å². The quantitative estimate of drug-likeness (QED) is 0.783. The molecule has 7 heteroatoms. The minimum absolute atomic E-state index is 0.0772. The average molecular weight is 322 g/mol. The second-order valence-electron chi connectivity index (χ2n) is 5.54. The molecule has 2 rings (SSSR count). The van der Waals surface area contributed by atoms with Crippen LogP contribution in [0.1, 0.15) is 19.4 Å². The fraction of sp³-hybridized carbons (Fsp3) is 0.625. The molecule has 2 heterocycles. The van der Waals surface area contributed by atoms with E-state index < -0.39 is 0 Å². The number of rotatable bonds is 7. The van der Waals surface area contributed by atoms with Gasteiger partial charge in [-0.2, -0.15) is 0 Å². The summed E-state index contributed by atoms with van der Waals surface area (Å²) in [6.45, 7) is 9.04. The van der Waals surface area contributed by atoms with Crippen molar-refractivity contribution in [2.75, 3.05) is 39.5 Å². The van der Waals surface area contributed by atoms with Gasteiger partial charge >= 0.3 is 6.03 Å². The molecular formula is C16H26N4O3. The smallest absolute Gasteiger partial charge is 0.315 e. The number of aromatic nitrogens is 1. The van der Waals surface area contributed by atoms with Gasteiger partial charge in [0.1, 0.15) is 0 Å². The molecule has 1 unspecified atom stereocenters. The lowest BCUT2D eigenvalue weighted by Crippen LogP contribution is -2.48. The number of nitrogens with one attached hydrogen (secondary N) is 2. The number of hydrogen-bond acceptors (Lipinski definition) is 5. The van der Waals surface area contributed by atoms with Crippen LogP contribution in [0.3, 0.4) is 0 Å². The number of amides is 2. The number of hydrogen-bond donors (Lipinski definition) is 2. The number of carbonyl (C=O) groups is 1. The lowest BCUT2D eigenvalue weighted by atomic mass is 10.2. The molecule has 1 aromatic rings. The fourth-order valence-electron chi connectivity index (χ4n) is 2.49. The van der Waals surface area contributed by atoms with Gasteiger partial charge in [-0.05, 0) is 19.9 Å². The molecule has 0 spiro atoms. The lowest BCUT2D eigenvalue weighted by Gasteiger charge is -2.29. The summed E-state index contributed by atoms with van der Waals surface area (Å²) in [5, 5.41) is 5.81. The van der Waals surface area contributed by atoms with E-state index in [-0.39, 0.29) is 12.1 Å². The first-order valence-electron chi connectivity index (χ1n) is 8.10. The monoisotopic (exact) mass is 322 g/mol. The maximum Gasteiger partial charge on any atom is 0.315 e. The standard InChI is InChI=1S/C16H26N4O3/c1-3-23-15-14(5-4-6-17-15)11-18-16(21)19-13(2)12-20-7-9-22-10-8-20/h4-6,13H,3,7-12H2,1-2H3,(H2,18,19,21). The third-order valence-electron chi connectivity index (χ3n) is 3.58. The van der Waals surface area contributed by atoms with Gasteiger partial charge in [0.05, 0.1) is 19.8 Å². The molecule has 0 aromatic carbocycles. The highest BCUT2D eigenvalue weighted by Gasteiger charge is 2.15. The van der Waals surface area contributed by atoms with Crippen LogP contribution in [0.15, 0.2) is 18.3 Å². The zero-order chi connectivity index (χ0) is 16.5. The molecule has 0 radical (unpaired) electrons. The molecule has 7 nitrogen and oxygen atoms in total. The van der Waals surface area contributed by atoms with Crippen molar-refractivity contribution in [1.29, 1.82) is 0 Å². The third-order valence-corrected chi connectivity index (χ3v) is 3.58. The molecule has 2 N–H and O–H groups in total. The predicted octanol–water partition coefficient (Wildman–Crippen LogP) is 1.00. The molecule has 1 aliphatic heterocycles. The molecule has 1 saturated heterocycles. The Morgan fingerprint density at radius 1 is 1.48 bits per heavy atom. The van der Waals surface area contributed by atoms with Crippen molar-refractivity contribution in [3.8, 4) is 5.88 Å². The van der Waals surface area contributed by atoms with Gasteiger partial charge in [0, 0.05) is 44.0 Å². The Morgan fingerprint density at radius 3 is 3.00 bits per heavy atom. The van der Waals surface area contributed by atoms with E-state index in [0.717, 1.165) is 38.4 Å². The Morgan fingerprint density at radius 2 is 2.26 bits per heavy atom. The first kappa shape index (κ1) is 17.5. The second-order valence-corrected chi connectivity index (χ2v) is 5.54. The Kier molecular flexibility index (Phi) is 7.09. The second kappa shape index (κ2) is 9.32. The van der Waals surface area contributed by atoms with Crippen LogP contribution in [0.25, 0.3) is 0 Å². The molecule has 1 aliphatic rings. The fourth-order valence-corrected chi connectivity index (χ4v) is 2.49. The van der Waals surface area contributed by atoms with Crippen LogP contribution >= 0.6 is 0 Å². The normalized spacial score (nSPS) is 16.6. The van der Waals surface area contributed by atoms with Crippen LogP contribution in [-0.4, -0.2) is 61.4 Å². The highest BCUT2D eigenvalue weighted by Crippen LogP contribution is 2.13. The minimum Gasteiger partial charge on any atom is -0.478 e. The van der Waals surface area contributed by atoms with Gasteiger partial charge in [-0.1, -0.05) is 6.07 Å². The molecule has 23 heavy (non-hydrogen) atoms. The van der Waals surface area contributed by atoms with E-state index in [1.165, 1.54) is 0 Å². The van der Waals surface area contributed by atoms with Gasteiger partial charge in [0.25, 0.3) is 0 Å². The van der Waals surface area contributed by atoms with Crippen molar-refractivity contribution >= 4 is 6.03 Å². The van der Waals surface area contributed by atoms with Crippen LogP contribution in [0.2, 0.25) is 0 Å². The number of pyridine rings is 1. The van der Waals surface area contributed by atoms with Gasteiger partial charge in [0.2, 0.25) is 5.88 Å². The van der Waals surface area contributed by atoms with E-state index in [0.29, 0.717) is 19.0 Å². The van der Waals surface area contributed by atoms with Crippen LogP contribution in [0, 0.1) is 0 Å². The van der Waals surface area contributed by atoms with Gasteiger partial charge in [-0.25, -0.2) is 9.78 Å². The molecule has 2 amide bonds. The van der Waals surface area contributed by atoms with E-state index in [4.69, 9.17) is 9.47 Å². The summed E-state index contributed by atoms with van der Waals surface area (Å²) in [5.41, 5.74) is 0.866. The van der Waals surface area contributed by atoms with E-state index in [1.807, 2.05) is 26.0 Å². The molecular weight excluding hydrogens is 296 g/mol. The predicted molar refractivity (Wildman–Crippen MR) is 87.5 cm³/mol. The first-order valence-corrected chi connectivity index (χ1v) is 8.10. The first-order chi connectivity index (χ1) is 11.2. The Labute approximate surface area is 137 Å². The van der Waals surface area contributed by atoms with Crippen molar-refractivity contribution in [3.63, 3.8) is 0 Å². The zero-order valence-electron chi connectivity index (χ0n) is 13.9. The number of carbonyl (C=O) groups excluding carboxylic acids is 1. The summed E-state index contributed by atoms with van der Waals surface area (Å²) in [6.07, 6.45) is 1.68. The molecule has 128 valence electrons. The maximum absolute atomic E-state index is 12.0. The van der Waals surface area contributed by atoms with Crippen molar-refractivity contribution < 1.29 is 14.3 Å². The summed E-state index contributed by atoms with van der Waals surface area (Å²) in [7, 11) is 0. The number of nitrogens with zero attached hydrogens (tertiary/aromatic N) is 2. The van der Waals surface area contributed by atoms with Crippen molar-refractivity contribution in [2.24, 2.45) is 0 Å². The van der Waals surface area contributed by atoms with Crippen LogP contribution < -0.4 is 15.4 Å². The molecule has 1 aromatic heterocycles. The van der Waals surface area contributed by atoms with E-state index in [9.17, 15) is 4.79 Å². The summed E-state index contributed by atoms with van der Waals surface area (Å²) in [5.74, 6) is 0.566. The topological polar surface area (TPSA) is 75.7 Å². The summed E-state index contributed by atoms with van der Waals surface area (Å²) in [6, 6.07) is 3.62. The van der Waals surface area contributed by atoms with Gasteiger partial charge in [-0.15, -0.1) is 0 Å². The maximum atomic E-state index is 12.0. The summed E-state index contributed by atoms with van der Waals surface area (Å²) >= 11 is 0. The summed E-state index contributed by atoms with van der Waals surface area (Å²) in [4.78, 5) is 18.5. The van der Waals surface area contributed by atoms with E-state index in [2.05, 4.69) is 20.5 Å². The highest BCUT2D eigenvalue weighted by molar-refractivity contribution is 5.74. The summed E-state index contributed by atoms with van der Waals surface area (Å²) < 4.78 is 10.8. The third kappa shape index (κ3) is 6.03. The average Bonchev–Trinajstić information content (AvgIpc) is 2.55. The number of ether oxygens (including phenoxy) is 2. The minimum atomic E-state index is -0.183. The molecule has 0 bridgehead atoms. The van der Waals surface area contributed by atoms with Crippen LogP contribution in [-0.2, 0) is 11.3 Å². The van der Waals surface area contributed by atoms with Crippen molar-refractivity contribution in [2.45, 2.75) is 26.4 Å². The van der Waals surface area contributed by atoms with E-state index in [1.54, 1.807) is 6.20 Å².